The molecule has 0 radical (unpaired) electrons. The number of carbonyl (C=O) groups is 1. The highest BCUT2D eigenvalue weighted by Crippen LogP contribution is 2.15. The quantitative estimate of drug-likeness (QED) is 0.720. The second kappa shape index (κ2) is 6.63. The van der Waals surface area contributed by atoms with Gasteiger partial charge in [0.25, 0.3) is 0 Å². The van der Waals surface area contributed by atoms with Gasteiger partial charge in [0.2, 0.25) is 0 Å². The number of rotatable bonds is 6. The maximum atomic E-state index is 11.7. The molecule has 0 saturated carbocycles. The van der Waals surface area contributed by atoms with Gasteiger partial charge in [0, 0.05) is 12.7 Å². The van der Waals surface area contributed by atoms with E-state index in [9.17, 15) is 4.79 Å². The van der Waals surface area contributed by atoms with E-state index in [0.717, 1.165) is 0 Å². The number of ketones is 1. The number of hydrogen-bond acceptors (Lipinski definition) is 3. The topological polar surface area (TPSA) is 35.5 Å². The zero-order valence-electron chi connectivity index (χ0n) is 9.40. The molecular weight excluding hydrogens is 228 g/mol. The zero-order chi connectivity index (χ0) is 12.0. The van der Waals surface area contributed by atoms with E-state index in [-0.39, 0.29) is 18.5 Å². The lowest BCUT2D eigenvalue weighted by molar-refractivity contribution is 0.0125. The van der Waals surface area contributed by atoms with Gasteiger partial charge in [-0.15, -0.1) is 0 Å². The van der Waals surface area contributed by atoms with E-state index in [1.54, 1.807) is 31.4 Å². The molecule has 0 saturated heterocycles. The number of benzene rings is 1. The van der Waals surface area contributed by atoms with Gasteiger partial charge in [-0.2, -0.15) is 0 Å². The van der Waals surface area contributed by atoms with Crippen molar-refractivity contribution in [3.05, 3.63) is 34.9 Å². The molecule has 0 amide bonds. The van der Waals surface area contributed by atoms with Crippen LogP contribution in [0.15, 0.2) is 24.3 Å². The molecule has 0 aliphatic rings. The second-order valence-electron chi connectivity index (χ2n) is 3.48. The van der Waals surface area contributed by atoms with E-state index >= 15 is 0 Å². The van der Waals surface area contributed by atoms with E-state index in [2.05, 4.69) is 0 Å². The summed E-state index contributed by atoms with van der Waals surface area (Å²) in [5, 5.41) is 0.454. The van der Waals surface area contributed by atoms with Crippen LogP contribution in [0, 0.1) is 0 Å². The Morgan fingerprint density at radius 2 is 2.12 bits per heavy atom. The van der Waals surface area contributed by atoms with Crippen LogP contribution in [0.3, 0.4) is 0 Å². The minimum absolute atomic E-state index is 0.0221. The van der Waals surface area contributed by atoms with Crippen LogP contribution in [0.25, 0.3) is 0 Å². The molecule has 1 unspecified atom stereocenters. The molecule has 4 heteroatoms. The summed E-state index contributed by atoms with van der Waals surface area (Å²) < 4.78 is 10.2. The molecule has 0 bridgehead atoms. The van der Waals surface area contributed by atoms with E-state index in [1.165, 1.54) is 0 Å². The first kappa shape index (κ1) is 13.2. The minimum atomic E-state index is -0.117. The number of methoxy groups -OCH3 is 1. The van der Waals surface area contributed by atoms with Crippen LogP contribution < -0.4 is 0 Å². The summed E-state index contributed by atoms with van der Waals surface area (Å²) >= 11 is 5.89. The van der Waals surface area contributed by atoms with Gasteiger partial charge < -0.3 is 9.47 Å². The third-order valence-corrected chi connectivity index (χ3v) is 2.40. The number of halogens is 1. The molecule has 1 aromatic carbocycles. The molecule has 1 aromatic rings. The van der Waals surface area contributed by atoms with E-state index in [0.29, 0.717) is 17.2 Å². The third kappa shape index (κ3) is 3.93. The Kier molecular flexibility index (Phi) is 5.46. The standard InChI is InChI=1S/C12H15ClO3/c1-9(7-15-2)16-8-12(14)10-5-3-4-6-11(10)13/h3-6,9H,7-8H2,1-2H3. The Hall–Kier alpha value is -0.900. The van der Waals surface area contributed by atoms with Crippen molar-refractivity contribution < 1.29 is 14.3 Å². The third-order valence-electron chi connectivity index (χ3n) is 2.07. The number of Topliss-reactive ketones (excluding diaryl/α,β-unsaturated/α-hetero) is 1. The van der Waals surface area contributed by atoms with Gasteiger partial charge >= 0.3 is 0 Å². The largest absolute Gasteiger partial charge is 0.382 e. The normalized spacial score (nSPS) is 12.4. The summed E-state index contributed by atoms with van der Waals surface area (Å²) in [5.41, 5.74) is 0.494. The van der Waals surface area contributed by atoms with Gasteiger partial charge in [-0.3, -0.25) is 4.79 Å². The van der Waals surface area contributed by atoms with Gasteiger partial charge in [-0.05, 0) is 19.1 Å². The average Bonchev–Trinajstić information content (AvgIpc) is 2.27. The van der Waals surface area contributed by atoms with Crippen molar-refractivity contribution in [3.63, 3.8) is 0 Å². The molecule has 0 aromatic heterocycles. The number of hydrogen-bond donors (Lipinski definition) is 0. The molecular formula is C12H15ClO3. The van der Waals surface area contributed by atoms with Crippen molar-refractivity contribution in [1.29, 1.82) is 0 Å². The molecule has 0 aliphatic carbocycles. The van der Waals surface area contributed by atoms with Crippen LogP contribution in [0.2, 0.25) is 5.02 Å². The van der Waals surface area contributed by atoms with Crippen molar-refractivity contribution >= 4 is 17.4 Å². The highest BCUT2D eigenvalue weighted by Gasteiger charge is 2.11. The van der Waals surface area contributed by atoms with Crippen molar-refractivity contribution in [1.82, 2.24) is 0 Å². The fourth-order valence-corrected chi connectivity index (χ4v) is 1.51. The highest BCUT2D eigenvalue weighted by atomic mass is 35.5. The van der Waals surface area contributed by atoms with Crippen molar-refractivity contribution in [2.45, 2.75) is 13.0 Å². The summed E-state index contributed by atoms with van der Waals surface area (Å²) in [6.45, 7) is 2.34. The van der Waals surface area contributed by atoms with E-state index in [1.807, 2.05) is 6.92 Å². The average molecular weight is 243 g/mol. The molecule has 0 heterocycles. The van der Waals surface area contributed by atoms with E-state index in [4.69, 9.17) is 21.1 Å². The van der Waals surface area contributed by atoms with Crippen LogP contribution in [0.5, 0.6) is 0 Å². The van der Waals surface area contributed by atoms with Crippen LogP contribution in [-0.4, -0.2) is 32.2 Å². The molecule has 16 heavy (non-hydrogen) atoms. The Labute approximate surface area is 100 Å². The highest BCUT2D eigenvalue weighted by molar-refractivity contribution is 6.34. The lowest BCUT2D eigenvalue weighted by Gasteiger charge is -2.11. The molecule has 1 rings (SSSR count). The Balaban J connectivity index is 2.50. The molecule has 0 N–H and O–H groups in total. The first-order chi connectivity index (χ1) is 7.65. The smallest absolute Gasteiger partial charge is 0.189 e. The monoisotopic (exact) mass is 242 g/mol. The van der Waals surface area contributed by atoms with Crippen molar-refractivity contribution in [3.8, 4) is 0 Å². The summed E-state index contributed by atoms with van der Waals surface area (Å²) in [7, 11) is 1.59. The van der Waals surface area contributed by atoms with E-state index < -0.39 is 0 Å². The SMILES string of the molecule is COCC(C)OCC(=O)c1ccccc1Cl. The lowest BCUT2D eigenvalue weighted by atomic mass is 10.1. The van der Waals surface area contributed by atoms with Crippen molar-refractivity contribution in [2.24, 2.45) is 0 Å². The molecule has 88 valence electrons. The summed E-state index contributed by atoms with van der Waals surface area (Å²) in [6, 6.07) is 6.94. The number of carbonyl (C=O) groups excluding carboxylic acids is 1. The van der Waals surface area contributed by atoms with Crippen molar-refractivity contribution in [2.75, 3.05) is 20.3 Å². The molecule has 0 spiro atoms. The number of ether oxygens (including phenoxy) is 2. The molecule has 3 nitrogen and oxygen atoms in total. The molecule has 1 atom stereocenters. The van der Waals surface area contributed by atoms with Gasteiger partial charge in [0.15, 0.2) is 5.78 Å². The Bertz CT molecular complexity index is 352. The maximum absolute atomic E-state index is 11.7. The maximum Gasteiger partial charge on any atom is 0.189 e. The predicted octanol–water partition coefficient (Wildman–Crippen LogP) is 2.57. The fourth-order valence-electron chi connectivity index (χ4n) is 1.27. The van der Waals surface area contributed by atoms with Gasteiger partial charge in [-0.1, -0.05) is 23.7 Å². The summed E-state index contributed by atoms with van der Waals surface area (Å²) in [5.74, 6) is -0.117. The van der Waals surface area contributed by atoms with Gasteiger partial charge in [0.05, 0.1) is 17.7 Å². The van der Waals surface area contributed by atoms with Crippen LogP contribution in [0.4, 0.5) is 0 Å². The Morgan fingerprint density at radius 1 is 1.44 bits per heavy atom. The molecule has 0 fully saturated rings. The van der Waals surface area contributed by atoms with Gasteiger partial charge in [0.1, 0.15) is 6.61 Å². The van der Waals surface area contributed by atoms with Crippen LogP contribution in [-0.2, 0) is 9.47 Å². The summed E-state index contributed by atoms with van der Waals surface area (Å²) in [4.78, 5) is 11.7. The first-order valence-electron chi connectivity index (χ1n) is 5.03. The first-order valence-corrected chi connectivity index (χ1v) is 5.41. The Morgan fingerprint density at radius 3 is 2.75 bits per heavy atom. The summed E-state index contributed by atoms with van der Waals surface area (Å²) in [6.07, 6.45) is -0.101. The van der Waals surface area contributed by atoms with Crippen LogP contribution in [0.1, 0.15) is 17.3 Å². The lowest BCUT2D eigenvalue weighted by Crippen LogP contribution is -2.20. The minimum Gasteiger partial charge on any atom is -0.382 e. The second-order valence-corrected chi connectivity index (χ2v) is 3.89. The predicted molar refractivity (Wildman–Crippen MR) is 63.1 cm³/mol. The fraction of sp³-hybridized carbons (Fsp3) is 0.417. The zero-order valence-corrected chi connectivity index (χ0v) is 10.2. The molecule has 0 aliphatic heterocycles. The van der Waals surface area contributed by atoms with Crippen LogP contribution >= 0.6 is 11.6 Å². The van der Waals surface area contributed by atoms with Gasteiger partial charge in [-0.25, -0.2) is 0 Å².